The van der Waals surface area contributed by atoms with Crippen molar-refractivity contribution in [2.24, 2.45) is 0 Å². The van der Waals surface area contributed by atoms with E-state index in [2.05, 4.69) is 41.1 Å². The molecule has 0 aliphatic carbocycles. The molecule has 0 saturated carbocycles. The first kappa shape index (κ1) is 29.9. The van der Waals surface area contributed by atoms with Crippen molar-refractivity contribution in [1.82, 2.24) is 24.4 Å². The van der Waals surface area contributed by atoms with Crippen LogP contribution in [0.3, 0.4) is 0 Å². The van der Waals surface area contributed by atoms with Gasteiger partial charge >= 0.3 is 0 Å². The predicted molar refractivity (Wildman–Crippen MR) is 160 cm³/mol. The maximum absolute atomic E-state index is 13.6. The third-order valence-corrected chi connectivity index (χ3v) is 8.02. The van der Waals surface area contributed by atoms with Crippen LogP contribution in [0.2, 0.25) is 10.0 Å². The molecule has 216 valence electrons. The minimum absolute atomic E-state index is 0.148. The molecule has 1 atom stereocenters. The summed E-state index contributed by atoms with van der Waals surface area (Å²) in [4.78, 5) is 40.1. The Bertz CT molecular complexity index is 1680. The van der Waals surface area contributed by atoms with Gasteiger partial charge in [-0.25, -0.2) is 9.97 Å². The lowest BCUT2D eigenvalue weighted by molar-refractivity contribution is 0.0365. The average molecular weight is 673 g/mol. The predicted octanol–water partition coefficient (Wildman–Crippen LogP) is 5.30. The maximum Gasteiger partial charge on any atom is 0.260 e. The molecule has 4 aromatic heterocycles. The van der Waals surface area contributed by atoms with E-state index in [1.807, 2.05) is 10.6 Å². The SMILES string of the molecule is C[C@@H](Oc1cc(NC(=O)c2cn(CCN3CCOCC3)c3cc(Br)c(C=O)nc23)ncc1C#N)c1c(Cl)cncc1Cl. The van der Waals surface area contributed by atoms with Gasteiger partial charge in [0.25, 0.3) is 5.91 Å². The summed E-state index contributed by atoms with van der Waals surface area (Å²) in [7, 11) is 0. The van der Waals surface area contributed by atoms with E-state index in [0.29, 0.717) is 57.2 Å². The molecule has 5 rings (SSSR count). The quantitative estimate of drug-likeness (QED) is 0.235. The van der Waals surface area contributed by atoms with Crippen LogP contribution in [0.1, 0.15) is 45.0 Å². The molecule has 1 amide bonds. The molecule has 1 fully saturated rings. The van der Waals surface area contributed by atoms with E-state index in [1.54, 1.807) is 19.2 Å². The van der Waals surface area contributed by atoms with E-state index in [9.17, 15) is 14.9 Å². The third kappa shape index (κ3) is 6.40. The van der Waals surface area contributed by atoms with Crippen molar-refractivity contribution in [3.05, 3.63) is 73.8 Å². The van der Waals surface area contributed by atoms with E-state index >= 15 is 0 Å². The van der Waals surface area contributed by atoms with Crippen LogP contribution in [0.4, 0.5) is 5.82 Å². The molecule has 1 N–H and O–H groups in total. The number of nitrogens with one attached hydrogen (secondary N) is 1. The number of anilines is 1. The highest BCUT2D eigenvalue weighted by Gasteiger charge is 2.22. The zero-order chi connectivity index (χ0) is 29.8. The maximum atomic E-state index is 13.6. The van der Waals surface area contributed by atoms with E-state index < -0.39 is 12.0 Å². The Hall–Kier alpha value is -3.60. The van der Waals surface area contributed by atoms with Gasteiger partial charge in [-0.15, -0.1) is 0 Å². The van der Waals surface area contributed by atoms with Crippen LogP contribution in [0, 0.1) is 11.3 Å². The largest absolute Gasteiger partial charge is 0.484 e. The standard InChI is InChI=1S/C28H24BrCl2N7O4/c1-16(26-20(30)12-33-13-21(26)31)42-24-9-25(34-11-17(24)10-32)36-28(40)18-14-38(3-2-37-4-6-41-7-5-37)23-8-19(29)22(15-39)35-27(18)23/h8-9,11-16H,2-7H2,1H3,(H,34,36,40)/t16-/m1/s1. The molecular formula is C28H24BrCl2N7O4. The highest BCUT2D eigenvalue weighted by molar-refractivity contribution is 9.10. The fraction of sp³-hybridized carbons (Fsp3) is 0.286. The van der Waals surface area contributed by atoms with Crippen molar-refractivity contribution in [2.75, 3.05) is 38.2 Å². The first-order valence-corrected chi connectivity index (χ1v) is 14.5. The Morgan fingerprint density at radius 1 is 1.24 bits per heavy atom. The number of carbonyl (C=O) groups excluding carboxylic acids is 2. The van der Waals surface area contributed by atoms with Gasteiger partial charge in [0, 0.05) is 60.9 Å². The van der Waals surface area contributed by atoms with Crippen molar-refractivity contribution in [3.8, 4) is 11.8 Å². The number of hydrogen-bond acceptors (Lipinski definition) is 9. The van der Waals surface area contributed by atoms with Gasteiger partial charge in [-0.1, -0.05) is 23.2 Å². The molecule has 4 aromatic rings. The Morgan fingerprint density at radius 2 is 1.98 bits per heavy atom. The molecule has 14 heteroatoms. The molecule has 0 spiro atoms. The Balaban J connectivity index is 1.42. The first-order chi connectivity index (χ1) is 20.3. The number of carbonyl (C=O) groups is 2. The van der Waals surface area contributed by atoms with Gasteiger partial charge < -0.3 is 19.4 Å². The second-order valence-electron chi connectivity index (χ2n) is 9.44. The molecule has 11 nitrogen and oxygen atoms in total. The third-order valence-electron chi connectivity index (χ3n) is 6.78. The fourth-order valence-electron chi connectivity index (χ4n) is 4.63. The highest BCUT2D eigenvalue weighted by atomic mass is 79.9. The summed E-state index contributed by atoms with van der Waals surface area (Å²) in [6.45, 7) is 6.11. The summed E-state index contributed by atoms with van der Waals surface area (Å²) in [5.74, 6) is -0.166. The zero-order valence-electron chi connectivity index (χ0n) is 22.3. The number of rotatable bonds is 9. The lowest BCUT2D eigenvalue weighted by Gasteiger charge is -2.26. The number of fused-ring (bicyclic) bond motifs is 1. The molecule has 1 saturated heterocycles. The summed E-state index contributed by atoms with van der Waals surface area (Å²) in [5, 5.41) is 13.0. The zero-order valence-corrected chi connectivity index (χ0v) is 25.4. The summed E-state index contributed by atoms with van der Waals surface area (Å²) < 4.78 is 13.9. The lowest BCUT2D eigenvalue weighted by atomic mass is 10.1. The van der Waals surface area contributed by atoms with Crippen molar-refractivity contribution in [3.63, 3.8) is 0 Å². The van der Waals surface area contributed by atoms with E-state index in [4.69, 9.17) is 32.7 Å². The van der Waals surface area contributed by atoms with Gasteiger partial charge in [0.1, 0.15) is 40.5 Å². The number of morpholine rings is 1. The normalized spacial score (nSPS) is 14.4. The van der Waals surface area contributed by atoms with Crippen molar-refractivity contribution >= 4 is 68.2 Å². The summed E-state index contributed by atoms with van der Waals surface area (Å²) in [6, 6.07) is 5.27. The number of nitriles is 1. The molecule has 0 bridgehead atoms. The molecule has 0 radical (unpaired) electrons. The smallest absolute Gasteiger partial charge is 0.260 e. The molecule has 5 heterocycles. The second kappa shape index (κ2) is 13.1. The topological polar surface area (TPSA) is 135 Å². The van der Waals surface area contributed by atoms with Crippen molar-refractivity contribution in [2.45, 2.75) is 19.6 Å². The van der Waals surface area contributed by atoms with Gasteiger partial charge in [0.05, 0.1) is 40.5 Å². The van der Waals surface area contributed by atoms with E-state index in [-0.39, 0.29) is 28.4 Å². The molecule has 1 aliphatic rings. The monoisotopic (exact) mass is 671 g/mol. The number of amides is 1. The van der Waals surface area contributed by atoms with Gasteiger partial charge in [-0.2, -0.15) is 5.26 Å². The summed E-state index contributed by atoms with van der Waals surface area (Å²) in [5.41, 5.74) is 2.18. The van der Waals surface area contributed by atoms with E-state index in [0.717, 1.165) is 19.6 Å². The lowest BCUT2D eigenvalue weighted by Crippen LogP contribution is -2.38. The van der Waals surface area contributed by atoms with Crippen LogP contribution < -0.4 is 10.1 Å². The number of nitrogens with zero attached hydrogens (tertiary/aromatic N) is 6. The Morgan fingerprint density at radius 3 is 2.67 bits per heavy atom. The number of hydrogen-bond donors (Lipinski definition) is 1. The van der Waals surface area contributed by atoms with Crippen LogP contribution in [-0.2, 0) is 11.3 Å². The van der Waals surface area contributed by atoms with Crippen LogP contribution >= 0.6 is 39.1 Å². The molecule has 42 heavy (non-hydrogen) atoms. The van der Waals surface area contributed by atoms with Gasteiger partial charge in [0.2, 0.25) is 0 Å². The second-order valence-corrected chi connectivity index (χ2v) is 11.1. The number of ether oxygens (including phenoxy) is 2. The number of pyridine rings is 3. The Kier molecular flexibility index (Phi) is 9.35. The van der Waals surface area contributed by atoms with Crippen LogP contribution in [0.5, 0.6) is 5.75 Å². The minimum Gasteiger partial charge on any atom is -0.484 e. The minimum atomic E-state index is -0.639. The average Bonchev–Trinajstić information content (AvgIpc) is 3.33. The number of aromatic nitrogens is 4. The van der Waals surface area contributed by atoms with Crippen LogP contribution in [0.15, 0.2) is 41.4 Å². The Labute approximate surface area is 259 Å². The van der Waals surface area contributed by atoms with Gasteiger partial charge in [0.15, 0.2) is 6.29 Å². The fourth-order valence-corrected chi connectivity index (χ4v) is 5.71. The summed E-state index contributed by atoms with van der Waals surface area (Å²) in [6.07, 6.45) is 5.91. The number of aldehydes is 1. The molecule has 0 aromatic carbocycles. The van der Waals surface area contributed by atoms with Crippen LogP contribution in [-0.4, -0.2) is 69.5 Å². The number of halogens is 3. The highest BCUT2D eigenvalue weighted by Crippen LogP contribution is 2.34. The molecular weight excluding hydrogens is 649 g/mol. The molecule has 1 aliphatic heterocycles. The van der Waals surface area contributed by atoms with Crippen molar-refractivity contribution in [1.29, 1.82) is 5.26 Å². The summed E-state index contributed by atoms with van der Waals surface area (Å²) >= 11 is 16.0. The van der Waals surface area contributed by atoms with Gasteiger partial charge in [-0.05, 0) is 28.9 Å². The first-order valence-electron chi connectivity index (χ1n) is 12.9. The van der Waals surface area contributed by atoms with Crippen LogP contribution in [0.25, 0.3) is 11.0 Å². The van der Waals surface area contributed by atoms with E-state index in [1.165, 1.54) is 24.7 Å². The van der Waals surface area contributed by atoms with Crippen molar-refractivity contribution < 1.29 is 19.1 Å². The van der Waals surface area contributed by atoms with Gasteiger partial charge in [-0.3, -0.25) is 19.5 Å². The molecule has 0 unspecified atom stereocenters.